The fraction of sp³-hybridized carbons (Fsp3) is 0.167. The molecule has 3 aromatic rings. The summed E-state index contributed by atoms with van der Waals surface area (Å²) >= 11 is 0. The van der Waals surface area contributed by atoms with Crippen LogP contribution in [0.2, 0.25) is 0 Å². The number of anilines is 3. The van der Waals surface area contributed by atoms with Gasteiger partial charge in [-0.3, -0.25) is 9.59 Å². The molecule has 3 aromatic carbocycles. The van der Waals surface area contributed by atoms with Crippen molar-refractivity contribution < 1.29 is 14.3 Å². The molecule has 0 aliphatic carbocycles. The van der Waals surface area contributed by atoms with E-state index in [1.807, 2.05) is 59.5 Å². The lowest BCUT2D eigenvalue weighted by Gasteiger charge is -2.25. The minimum absolute atomic E-state index is 0.151. The third-order valence-electron chi connectivity index (χ3n) is 4.45. The summed E-state index contributed by atoms with van der Waals surface area (Å²) < 4.78 is 5.24. The molecule has 0 heterocycles. The number of amides is 2. The van der Waals surface area contributed by atoms with Crippen molar-refractivity contribution in [3.8, 4) is 5.75 Å². The van der Waals surface area contributed by atoms with Crippen LogP contribution in [-0.2, 0) is 16.1 Å². The summed E-state index contributed by atoms with van der Waals surface area (Å²) in [6, 6.07) is 24.7. The van der Waals surface area contributed by atoms with Crippen molar-refractivity contribution in [3.63, 3.8) is 0 Å². The average Bonchev–Trinajstić information content (AvgIpc) is 2.74. The molecule has 154 valence electrons. The second-order valence-corrected chi connectivity index (χ2v) is 6.85. The minimum atomic E-state index is -0.160. The summed E-state index contributed by atoms with van der Waals surface area (Å²) in [5, 5.41) is 5.62. The molecule has 0 saturated carbocycles. The van der Waals surface area contributed by atoms with E-state index in [4.69, 9.17) is 4.74 Å². The third kappa shape index (κ3) is 6.10. The number of nitrogens with zero attached hydrogens (tertiary/aromatic N) is 1. The maximum Gasteiger partial charge on any atom is 0.243 e. The molecule has 2 N–H and O–H groups in total. The van der Waals surface area contributed by atoms with Crippen LogP contribution < -0.4 is 20.3 Å². The quantitative estimate of drug-likeness (QED) is 0.588. The highest BCUT2D eigenvalue weighted by Gasteiger charge is 2.13. The zero-order chi connectivity index (χ0) is 21.3. The molecular weight excluding hydrogens is 378 g/mol. The maximum atomic E-state index is 12.8. The predicted molar refractivity (Wildman–Crippen MR) is 120 cm³/mol. The van der Waals surface area contributed by atoms with Gasteiger partial charge in [-0.1, -0.05) is 36.4 Å². The number of carbonyl (C=O) groups is 2. The van der Waals surface area contributed by atoms with Gasteiger partial charge in [0.25, 0.3) is 0 Å². The smallest absolute Gasteiger partial charge is 0.243 e. The first-order valence-electron chi connectivity index (χ1n) is 9.64. The molecule has 6 heteroatoms. The Hall–Kier alpha value is -3.80. The van der Waals surface area contributed by atoms with Gasteiger partial charge in [-0.05, 0) is 48.0 Å². The maximum absolute atomic E-state index is 12.8. The highest BCUT2D eigenvalue weighted by Crippen LogP contribution is 2.22. The van der Waals surface area contributed by atoms with Crippen LogP contribution in [0.15, 0.2) is 78.9 Å². The Bertz CT molecular complexity index is 988. The molecule has 0 bridgehead atoms. The van der Waals surface area contributed by atoms with Crippen LogP contribution in [0.3, 0.4) is 0 Å². The second-order valence-electron chi connectivity index (χ2n) is 6.85. The lowest BCUT2D eigenvalue weighted by Crippen LogP contribution is -2.33. The van der Waals surface area contributed by atoms with Crippen LogP contribution >= 0.6 is 0 Å². The molecule has 0 fully saturated rings. The second kappa shape index (κ2) is 10.1. The summed E-state index contributed by atoms with van der Waals surface area (Å²) in [5.74, 6) is 0.450. The van der Waals surface area contributed by atoms with Crippen LogP contribution in [0, 0.1) is 0 Å². The van der Waals surface area contributed by atoms with Crippen LogP contribution in [0.5, 0.6) is 5.75 Å². The lowest BCUT2D eigenvalue weighted by molar-refractivity contribution is -0.115. The largest absolute Gasteiger partial charge is 0.497 e. The fourth-order valence-electron chi connectivity index (χ4n) is 3.09. The topological polar surface area (TPSA) is 70.7 Å². The van der Waals surface area contributed by atoms with E-state index in [1.54, 1.807) is 31.4 Å². The number of rotatable bonds is 8. The van der Waals surface area contributed by atoms with Gasteiger partial charge in [-0.25, -0.2) is 0 Å². The fourth-order valence-corrected chi connectivity index (χ4v) is 3.09. The van der Waals surface area contributed by atoms with E-state index in [-0.39, 0.29) is 18.4 Å². The number of ether oxygens (including phenoxy) is 1. The van der Waals surface area contributed by atoms with E-state index in [1.165, 1.54) is 6.92 Å². The number of benzene rings is 3. The molecule has 0 unspecified atom stereocenters. The van der Waals surface area contributed by atoms with Crippen molar-refractivity contribution in [2.24, 2.45) is 0 Å². The Morgan fingerprint density at radius 2 is 1.53 bits per heavy atom. The Balaban J connectivity index is 1.74. The van der Waals surface area contributed by atoms with Crippen molar-refractivity contribution >= 4 is 28.9 Å². The number of nitrogens with one attached hydrogen (secondary N) is 2. The van der Waals surface area contributed by atoms with E-state index in [9.17, 15) is 9.59 Å². The first-order chi connectivity index (χ1) is 14.5. The number of methoxy groups -OCH3 is 1. The SMILES string of the molecule is COc1ccc(N(CC(=O)Nc2cccc(NC(C)=O)c2)Cc2ccccc2)cc1. The van der Waals surface area contributed by atoms with E-state index < -0.39 is 0 Å². The van der Waals surface area contributed by atoms with Crippen molar-refractivity contribution in [1.82, 2.24) is 0 Å². The summed E-state index contributed by atoms with van der Waals surface area (Å²) in [6.07, 6.45) is 0. The number of hydrogen-bond acceptors (Lipinski definition) is 4. The predicted octanol–water partition coefficient (Wildman–Crippen LogP) is 4.30. The molecule has 3 rings (SSSR count). The van der Waals surface area contributed by atoms with Gasteiger partial charge in [0.05, 0.1) is 13.7 Å². The summed E-state index contributed by atoms with van der Waals surface area (Å²) in [5.41, 5.74) is 3.29. The van der Waals surface area contributed by atoms with Crippen molar-refractivity contribution in [1.29, 1.82) is 0 Å². The molecule has 0 spiro atoms. The van der Waals surface area contributed by atoms with E-state index in [0.29, 0.717) is 17.9 Å². The summed E-state index contributed by atoms with van der Waals surface area (Å²) in [6.45, 7) is 2.21. The molecule has 0 radical (unpaired) electrons. The van der Waals surface area contributed by atoms with Gasteiger partial charge in [0, 0.05) is 30.5 Å². The first-order valence-corrected chi connectivity index (χ1v) is 9.64. The van der Waals surface area contributed by atoms with Gasteiger partial charge in [0.2, 0.25) is 11.8 Å². The molecule has 0 atom stereocenters. The molecule has 0 saturated heterocycles. The Kier molecular flexibility index (Phi) is 7.05. The lowest BCUT2D eigenvalue weighted by atomic mass is 10.2. The third-order valence-corrected chi connectivity index (χ3v) is 4.45. The molecular formula is C24H25N3O3. The molecule has 2 amide bonds. The zero-order valence-corrected chi connectivity index (χ0v) is 17.1. The number of hydrogen-bond donors (Lipinski definition) is 2. The highest BCUT2D eigenvalue weighted by atomic mass is 16.5. The molecule has 30 heavy (non-hydrogen) atoms. The van der Waals surface area contributed by atoms with Gasteiger partial charge >= 0.3 is 0 Å². The molecule has 0 aromatic heterocycles. The van der Waals surface area contributed by atoms with Gasteiger partial charge in [-0.2, -0.15) is 0 Å². The van der Waals surface area contributed by atoms with Crippen molar-refractivity contribution in [3.05, 3.63) is 84.4 Å². The minimum Gasteiger partial charge on any atom is -0.497 e. The van der Waals surface area contributed by atoms with Crippen LogP contribution in [0.4, 0.5) is 17.1 Å². The van der Waals surface area contributed by atoms with E-state index in [0.717, 1.165) is 17.0 Å². The van der Waals surface area contributed by atoms with Gasteiger partial charge in [0.1, 0.15) is 5.75 Å². The highest BCUT2D eigenvalue weighted by molar-refractivity contribution is 5.95. The van der Waals surface area contributed by atoms with Gasteiger partial charge in [0.15, 0.2) is 0 Å². The Morgan fingerprint density at radius 3 is 2.17 bits per heavy atom. The average molecular weight is 403 g/mol. The van der Waals surface area contributed by atoms with Crippen LogP contribution in [-0.4, -0.2) is 25.5 Å². The van der Waals surface area contributed by atoms with Crippen molar-refractivity contribution in [2.75, 3.05) is 29.2 Å². The van der Waals surface area contributed by atoms with Gasteiger partial charge in [-0.15, -0.1) is 0 Å². The van der Waals surface area contributed by atoms with E-state index in [2.05, 4.69) is 10.6 Å². The molecule has 6 nitrogen and oxygen atoms in total. The molecule has 0 aliphatic rings. The van der Waals surface area contributed by atoms with E-state index >= 15 is 0 Å². The van der Waals surface area contributed by atoms with Crippen molar-refractivity contribution in [2.45, 2.75) is 13.5 Å². The van der Waals surface area contributed by atoms with Crippen LogP contribution in [0.1, 0.15) is 12.5 Å². The standard InChI is InChI=1S/C24H25N3O3/c1-18(28)25-20-9-6-10-21(15-20)26-24(29)17-27(16-19-7-4-3-5-8-19)22-11-13-23(30-2)14-12-22/h3-15H,16-17H2,1-2H3,(H,25,28)(H,26,29). The van der Waals surface area contributed by atoms with Gasteiger partial charge < -0.3 is 20.3 Å². The Morgan fingerprint density at radius 1 is 0.867 bits per heavy atom. The Labute approximate surface area is 176 Å². The number of carbonyl (C=O) groups excluding carboxylic acids is 2. The first kappa shape index (κ1) is 20.9. The molecule has 0 aliphatic heterocycles. The monoisotopic (exact) mass is 403 g/mol. The normalized spacial score (nSPS) is 10.2. The summed E-state index contributed by atoms with van der Waals surface area (Å²) in [4.78, 5) is 26.0. The van der Waals surface area contributed by atoms with Crippen LogP contribution in [0.25, 0.3) is 0 Å². The zero-order valence-electron chi connectivity index (χ0n) is 17.1. The summed E-state index contributed by atoms with van der Waals surface area (Å²) in [7, 11) is 1.62.